The predicted octanol–water partition coefficient (Wildman–Crippen LogP) is 4.49. The molecule has 0 bridgehead atoms. The van der Waals surface area contributed by atoms with Crippen LogP contribution in [0.4, 0.5) is 0 Å². The van der Waals surface area contributed by atoms with Gasteiger partial charge in [0.1, 0.15) is 0 Å². The molecule has 1 fully saturated rings. The maximum absolute atomic E-state index is 3.21. The maximum atomic E-state index is 2.43. The number of hydrogen-bond acceptors (Lipinski definition) is 0. The van der Waals surface area contributed by atoms with Crippen LogP contribution in [0.25, 0.3) is 0 Å². The van der Waals surface area contributed by atoms with Crippen LogP contribution in [0.15, 0.2) is 91.0 Å². The molecule has 0 N–H and O–H groups in total. The van der Waals surface area contributed by atoms with Crippen LogP contribution in [-0.2, 0) is 0 Å². The second-order valence-electron chi connectivity index (χ2n) is 7.24. The third kappa shape index (κ3) is 3.21. The first-order chi connectivity index (χ1) is 12.4. The van der Waals surface area contributed by atoms with Crippen molar-refractivity contribution in [2.24, 2.45) is 0 Å². The summed E-state index contributed by atoms with van der Waals surface area (Å²) in [5, 5.41) is 0. The quantitative estimate of drug-likeness (QED) is 0.444. The summed E-state index contributed by atoms with van der Waals surface area (Å²) in [4.78, 5) is 0. The first-order valence-electron chi connectivity index (χ1n) is 9.59. The van der Waals surface area contributed by atoms with Gasteiger partial charge >= 0.3 is 157 Å². The van der Waals surface area contributed by atoms with Crippen molar-refractivity contribution in [1.82, 2.24) is 0 Å². The Labute approximate surface area is 156 Å². The summed E-state index contributed by atoms with van der Waals surface area (Å²) in [5.74, 6) is 0. The second-order valence-corrected chi connectivity index (χ2v) is 23.4. The number of benzene rings is 3. The molecule has 126 valence electrons. The molecule has 3 aromatic rings. The molecule has 0 aliphatic heterocycles. The van der Waals surface area contributed by atoms with E-state index in [-0.39, 0.29) is 0 Å². The number of rotatable bonds is 4. The molecule has 0 radical (unpaired) electrons. The van der Waals surface area contributed by atoms with Gasteiger partial charge in [-0.3, -0.25) is 0 Å². The summed E-state index contributed by atoms with van der Waals surface area (Å²) in [6.45, 7) is 0. The molecule has 4 rings (SSSR count). The molecule has 0 nitrogen and oxygen atoms in total. The van der Waals surface area contributed by atoms with E-state index in [4.69, 9.17) is 0 Å². The monoisotopic (exact) mass is 522 g/mol. The molecule has 0 spiro atoms. The van der Waals surface area contributed by atoms with Gasteiger partial charge < -0.3 is 0 Å². The van der Waals surface area contributed by atoms with Gasteiger partial charge in [0, 0.05) is 0 Å². The van der Waals surface area contributed by atoms with Crippen LogP contribution in [-0.4, -0.2) is 21.2 Å². The third-order valence-electron chi connectivity index (χ3n) is 5.90. The van der Waals surface area contributed by atoms with Crippen LogP contribution in [0.3, 0.4) is 0 Å². The Hall–Kier alpha value is -1.42. The summed E-state index contributed by atoms with van der Waals surface area (Å²) in [6.07, 6.45) is 7.02. The van der Waals surface area contributed by atoms with Gasteiger partial charge in [-0.1, -0.05) is 0 Å². The van der Waals surface area contributed by atoms with E-state index in [1.165, 1.54) is 32.1 Å². The van der Waals surface area contributed by atoms with E-state index in [1.807, 2.05) is 0 Å². The summed E-state index contributed by atoms with van der Waals surface area (Å²) >= 11 is -3.21. The van der Waals surface area contributed by atoms with Gasteiger partial charge in [-0.2, -0.15) is 0 Å². The van der Waals surface area contributed by atoms with Crippen molar-refractivity contribution in [2.45, 2.75) is 35.6 Å². The van der Waals surface area contributed by atoms with E-state index in [0.29, 0.717) is 0 Å². The van der Waals surface area contributed by atoms with Crippen LogP contribution in [0.1, 0.15) is 32.1 Å². The summed E-state index contributed by atoms with van der Waals surface area (Å²) in [6, 6.07) is 34.6. The van der Waals surface area contributed by atoms with Crippen molar-refractivity contribution >= 4 is 30.5 Å². The van der Waals surface area contributed by atoms with Gasteiger partial charge in [-0.05, 0) is 0 Å². The minimum absolute atomic E-state index is 0.869. The SMILES string of the molecule is c1cc[c]([Pb]([c]2ccccc2)([c]2ccccc2)[CH]2CCCCC2)cc1. The minimum atomic E-state index is -3.21. The van der Waals surface area contributed by atoms with Crippen molar-refractivity contribution in [2.75, 3.05) is 0 Å². The fourth-order valence-electron chi connectivity index (χ4n) is 4.85. The molecular formula is C24H26Pb. The standard InChI is InChI=1S/C6H11.3C6H5.Pb/c4*1-2-4-6-5-3-1;/h1H,2-6H2;3*1-5H;. The second kappa shape index (κ2) is 7.86. The van der Waals surface area contributed by atoms with E-state index in [2.05, 4.69) is 91.0 Å². The molecular weight excluding hydrogens is 495 g/mol. The molecule has 0 atom stereocenters. The molecule has 1 heteroatoms. The van der Waals surface area contributed by atoms with Crippen molar-refractivity contribution in [3.05, 3.63) is 91.0 Å². The van der Waals surface area contributed by atoms with Gasteiger partial charge in [0.25, 0.3) is 0 Å². The zero-order chi connectivity index (χ0) is 17.0. The van der Waals surface area contributed by atoms with E-state index < -0.39 is 21.2 Å². The van der Waals surface area contributed by atoms with E-state index in [1.54, 1.807) is 9.37 Å². The Morgan fingerprint density at radius 3 is 1.20 bits per heavy atom. The van der Waals surface area contributed by atoms with Crippen LogP contribution in [0, 0.1) is 0 Å². The van der Waals surface area contributed by atoms with Crippen molar-refractivity contribution in [3.8, 4) is 0 Å². The van der Waals surface area contributed by atoms with Crippen molar-refractivity contribution in [3.63, 3.8) is 0 Å². The molecule has 0 heterocycles. The Morgan fingerprint density at radius 2 is 0.840 bits per heavy atom. The topological polar surface area (TPSA) is 0 Å². The van der Waals surface area contributed by atoms with Gasteiger partial charge in [-0.25, -0.2) is 0 Å². The zero-order valence-corrected chi connectivity index (χ0v) is 18.7. The molecule has 3 aromatic carbocycles. The van der Waals surface area contributed by atoms with Crippen LogP contribution >= 0.6 is 0 Å². The summed E-state index contributed by atoms with van der Waals surface area (Å²) in [7, 11) is 0. The first-order valence-corrected chi connectivity index (χ1v) is 17.7. The van der Waals surface area contributed by atoms with Gasteiger partial charge in [0.2, 0.25) is 0 Å². The van der Waals surface area contributed by atoms with E-state index >= 15 is 0 Å². The average Bonchev–Trinajstić information content (AvgIpc) is 2.72. The van der Waals surface area contributed by atoms with Gasteiger partial charge in [0.15, 0.2) is 0 Å². The normalized spacial score (nSPS) is 15.8. The molecule has 0 aromatic heterocycles. The fraction of sp³-hybridized carbons (Fsp3) is 0.250. The number of hydrogen-bond donors (Lipinski definition) is 0. The average molecular weight is 522 g/mol. The van der Waals surface area contributed by atoms with Crippen LogP contribution in [0.2, 0.25) is 3.48 Å². The van der Waals surface area contributed by atoms with Crippen LogP contribution < -0.4 is 9.37 Å². The Bertz CT molecular complexity index is 677. The molecule has 1 aliphatic rings. The predicted molar refractivity (Wildman–Crippen MR) is 111 cm³/mol. The van der Waals surface area contributed by atoms with Gasteiger partial charge in [-0.15, -0.1) is 0 Å². The first kappa shape index (κ1) is 17.0. The van der Waals surface area contributed by atoms with Gasteiger partial charge in [0.05, 0.1) is 0 Å². The van der Waals surface area contributed by atoms with Crippen LogP contribution in [0.5, 0.6) is 0 Å². The van der Waals surface area contributed by atoms with E-state index in [9.17, 15) is 0 Å². The molecule has 0 amide bonds. The Balaban J connectivity index is 2.01. The zero-order valence-electron chi connectivity index (χ0n) is 14.8. The van der Waals surface area contributed by atoms with Crippen molar-refractivity contribution < 1.29 is 0 Å². The third-order valence-corrected chi connectivity index (χ3v) is 27.4. The fourth-order valence-corrected chi connectivity index (χ4v) is 27.6. The summed E-state index contributed by atoms with van der Waals surface area (Å²) in [5.41, 5.74) is 0. The molecule has 0 saturated heterocycles. The summed E-state index contributed by atoms with van der Waals surface area (Å²) < 4.78 is 5.83. The molecule has 0 unspecified atom stereocenters. The Morgan fingerprint density at radius 1 is 0.480 bits per heavy atom. The molecule has 1 aliphatic carbocycles. The van der Waals surface area contributed by atoms with E-state index in [0.717, 1.165) is 3.48 Å². The molecule has 25 heavy (non-hydrogen) atoms. The Kier molecular flexibility index (Phi) is 5.35. The van der Waals surface area contributed by atoms with Crippen molar-refractivity contribution in [1.29, 1.82) is 0 Å². The molecule has 1 saturated carbocycles.